The molecule has 0 spiro atoms. The maximum Gasteiger partial charge on any atom is 0.416 e. The predicted molar refractivity (Wildman–Crippen MR) is 144 cm³/mol. The summed E-state index contributed by atoms with van der Waals surface area (Å²) in [5, 5.41) is 12.0. The number of carbonyl (C=O) groups excluding carboxylic acids is 1. The number of anilines is 1. The Kier molecular flexibility index (Phi) is 8.87. The van der Waals surface area contributed by atoms with E-state index in [4.69, 9.17) is 4.74 Å². The first-order valence-corrected chi connectivity index (χ1v) is 14.5. The van der Waals surface area contributed by atoms with Crippen molar-refractivity contribution in [3.05, 3.63) is 89.2 Å². The molecule has 3 aromatic carbocycles. The standard InChI is InChI=1S/C29H27F4N3O4S/c1-2-41(38,39)24-10-3-19(4-11-24)26(13-15-34)35-28(37)20-5-12-27(25(30)17-20)36-16-14-23(18-36)40-22-8-6-21(7-9-22)29(31,32)33/h3-12,17,23,26H,2,13-14,16,18H2,1H3,(H,35,37)/t23-,26-/m0/s1. The van der Waals surface area contributed by atoms with Crippen LogP contribution >= 0.6 is 0 Å². The molecule has 3 aromatic rings. The molecule has 0 radical (unpaired) electrons. The Bertz CT molecular complexity index is 1540. The summed E-state index contributed by atoms with van der Waals surface area (Å²) < 4.78 is 83.3. The fourth-order valence-corrected chi connectivity index (χ4v) is 5.41. The second kappa shape index (κ2) is 12.2. The highest BCUT2D eigenvalue weighted by atomic mass is 32.2. The van der Waals surface area contributed by atoms with Crippen molar-refractivity contribution in [2.24, 2.45) is 0 Å². The Morgan fingerprint density at radius 3 is 2.39 bits per heavy atom. The molecule has 0 unspecified atom stereocenters. The van der Waals surface area contributed by atoms with Crippen LogP contribution in [0.3, 0.4) is 0 Å². The van der Waals surface area contributed by atoms with E-state index in [9.17, 15) is 31.6 Å². The van der Waals surface area contributed by atoms with Gasteiger partial charge in [0, 0.05) is 18.5 Å². The largest absolute Gasteiger partial charge is 0.489 e. The first-order chi connectivity index (χ1) is 19.4. The maximum atomic E-state index is 15.1. The molecule has 12 heteroatoms. The van der Waals surface area contributed by atoms with Crippen LogP contribution in [0.15, 0.2) is 71.6 Å². The summed E-state index contributed by atoms with van der Waals surface area (Å²) in [6.07, 6.45) is -4.36. The highest BCUT2D eigenvalue weighted by Crippen LogP contribution is 2.32. The van der Waals surface area contributed by atoms with Crippen LogP contribution in [-0.4, -0.2) is 39.3 Å². The molecule has 1 amide bonds. The Labute approximate surface area is 235 Å². The van der Waals surface area contributed by atoms with Gasteiger partial charge in [-0.05, 0) is 60.2 Å². The molecule has 0 bridgehead atoms. The van der Waals surface area contributed by atoms with Gasteiger partial charge in [-0.1, -0.05) is 19.1 Å². The molecule has 1 heterocycles. The fourth-order valence-electron chi connectivity index (χ4n) is 4.52. The Morgan fingerprint density at radius 1 is 1.12 bits per heavy atom. The first-order valence-electron chi connectivity index (χ1n) is 12.8. The predicted octanol–water partition coefficient (Wildman–Crippen LogP) is 5.68. The summed E-state index contributed by atoms with van der Waals surface area (Å²) in [7, 11) is -3.40. The van der Waals surface area contributed by atoms with E-state index in [0.717, 1.165) is 18.2 Å². The molecule has 7 nitrogen and oxygen atoms in total. The minimum atomic E-state index is -4.44. The van der Waals surface area contributed by atoms with E-state index in [-0.39, 0.29) is 40.2 Å². The molecule has 2 atom stereocenters. The lowest BCUT2D eigenvalue weighted by atomic mass is 10.0. The van der Waals surface area contributed by atoms with Gasteiger partial charge in [0.05, 0.1) is 47.0 Å². The van der Waals surface area contributed by atoms with Crippen LogP contribution in [0.4, 0.5) is 23.2 Å². The molecule has 0 aliphatic carbocycles. The number of sulfone groups is 1. The number of nitrogens with one attached hydrogen (secondary N) is 1. The summed E-state index contributed by atoms with van der Waals surface area (Å²) in [5.41, 5.74) is 0.0454. The minimum absolute atomic E-state index is 0.0381. The van der Waals surface area contributed by atoms with Crippen LogP contribution < -0.4 is 15.0 Å². The molecule has 1 aliphatic heterocycles. The molecule has 4 rings (SSSR count). The number of ether oxygens (including phenoxy) is 1. The summed E-state index contributed by atoms with van der Waals surface area (Å²) >= 11 is 0. The number of hydrogen-bond acceptors (Lipinski definition) is 6. The van der Waals surface area contributed by atoms with Crippen LogP contribution in [-0.2, 0) is 16.0 Å². The van der Waals surface area contributed by atoms with E-state index in [1.807, 2.05) is 6.07 Å². The molecule has 1 fully saturated rings. The van der Waals surface area contributed by atoms with E-state index in [1.165, 1.54) is 55.5 Å². The van der Waals surface area contributed by atoms with Crippen molar-refractivity contribution in [2.75, 3.05) is 23.7 Å². The Hall–Kier alpha value is -4.11. The van der Waals surface area contributed by atoms with E-state index in [0.29, 0.717) is 25.1 Å². The van der Waals surface area contributed by atoms with Gasteiger partial charge in [-0.2, -0.15) is 18.4 Å². The van der Waals surface area contributed by atoms with Crippen LogP contribution in [0.5, 0.6) is 5.75 Å². The number of hydrogen-bond donors (Lipinski definition) is 1. The second-order valence-electron chi connectivity index (χ2n) is 9.52. The number of amides is 1. The summed E-state index contributed by atoms with van der Waals surface area (Å²) in [6, 6.07) is 15.6. The smallest absolute Gasteiger partial charge is 0.416 e. The van der Waals surface area contributed by atoms with E-state index >= 15 is 4.39 Å². The summed E-state index contributed by atoms with van der Waals surface area (Å²) in [6.45, 7) is 2.28. The van der Waals surface area contributed by atoms with Crippen molar-refractivity contribution in [3.63, 3.8) is 0 Å². The van der Waals surface area contributed by atoms with Gasteiger partial charge in [-0.25, -0.2) is 12.8 Å². The van der Waals surface area contributed by atoms with Crippen LogP contribution in [0.25, 0.3) is 0 Å². The van der Waals surface area contributed by atoms with Crippen molar-refractivity contribution in [1.29, 1.82) is 5.26 Å². The number of alkyl halides is 3. The number of nitriles is 1. The molecule has 0 aromatic heterocycles. The summed E-state index contributed by atoms with van der Waals surface area (Å²) in [5.74, 6) is -1.02. The third-order valence-corrected chi connectivity index (χ3v) is 8.55. The lowest BCUT2D eigenvalue weighted by Gasteiger charge is -2.21. The molecule has 216 valence electrons. The van der Waals surface area contributed by atoms with E-state index in [2.05, 4.69) is 5.32 Å². The number of halogens is 4. The number of benzene rings is 3. The molecule has 0 saturated carbocycles. The zero-order valence-electron chi connectivity index (χ0n) is 22.0. The summed E-state index contributed by atoms with van der Waals surface area (Å²) in [4.78, 5) is 14.8. The Balaban J connectivity index is 1.40. The van der Waals surface area contributed by atoms with Gasteiger partial charge in [0.15, 0.2) is 9.84 Å². The zero-order valence-corrected chi connectivity index (χ0v) is 22.8. The minimum Gasteiger partial charge on any atom is -0.489 e. The van der Waals surface area contributed by atoms with Gasteiger partial charge in [-0.3, -0.25) is 4.79 Å². The number of nitrogens with zero attached hydrogens (tertiary/aromatic N) is 2. The van der Waals surface area contributed by atoms with Crippen LogP contribution in [0, 0.1) is 17.1 Å². The maximum absolute atomic E-state index is 15.1. The van der Waals surface area contributed by atoms with Gasteiger partial charge in [-0.15, -0.1) is 0 Å². The fraction of sp³-hybridized carbons (Fsp3) is 0.310. The molecule has 1 aliphatic rings. The second-order valence-corrected chi connectivity index (χ2v) is 11.8. The molecule has 41 heavy (non-hydrogen) atoms. The van der Waals surface area contributed by atoms with Gasteiger partial charge < -0.3 is 15.0 Å². The van der Waals surface area contributed by atoms with Gasteiger partial charge in [0.2, 0.25) is 0 Å². The van der Waals surface area contributed by atoms with Crippen molar-refractivity contribution in [1.82, 2.24) is 5.32 Å². The van der Waals surface area contributed by atoms with Crippen molar-refractivity contribution >= 4 is 21.4 Å². The van der Waals surface area contributed by atoms with Crippen LogP contribution in [0.1, 0.15) is 47.3 Å². The third-order valence-electron chi connectivity index (χ3n) is 6.80. The first kappa shape index (κ1) is 29.9. The Morgan fingerprint density at radius 2 is 1.80 bits per heavy atom. The van der Waals surface area contributed by atoms with Crippen molar-refractivity contribution < 1.29 is 35.5 Å². The van der Waals surface area contributed by atoms with E-state index in [1.54, 1.807) is 4.90 Å². The van der Waals surface area contributed by atoms with Crippen molar-refractivity contribution in [3.8, 4) is 11.8 Å². The number of carbonyl (C=O) groups is 1. The third kappa shape index (κ3) is 7.16. The molecule has 1 N–H and O–H groups in total. The average Bonchev–Trinajstić information content (AvgIpc) is 3.40. The van der Waals surface area contributed by atoms with Gasteiger partial charge in [0.25, 0.3) is 5.91 Å². The highest BCUT2D eigenvalue weighted by Gasteiger charge is 2.31. The average molecular weight is 590 g/mol. The lowest BCUT2D eigenvalue weighted by molar-refractivity contribution is -0.137. The SMILES string of the molecule is CCS(=O)(=O)c1ccc([C@H](CC#N)NC(=O)c2ccc(N3CC[C@H](Oc4ccc(C(F)(F)F)cc4)C3)c(F)c2)cc1. The normalized spacial score (nSPS) is 16.2. The number of rotatable bonds is 9. The van der Waals surface area contributed by atoms with E-state index < -0.39 is 39.3 Å². The van der Waals surface area contributed by atoms with Crippen LogP contribution in [0.2, 0.25) is 0 Å². The molecular formula is C29H27F4N3O4S. The van der Waals surface area contributed by atoms with Gasteiger partial charge >= 0.3 is 6.18 Å². The highest BCUT2D eigenvalue weighted by molar-refractivity contribution is 7.91. The lowest BCUT2D eigenvalue weighted by Crippen LogP contribution is -2.29. The monoisotopic (exact) mass is 589 g/mol. The zero-order chi connectivity index (χ0) is 29.8. The topological polar surface area (TPSA) is 99.5 Å². The quantitative estimate of drug-likeness (QED) is 0.323. The van der Waals surface area contributed by atoms with Crippen molar-refractivity contribution in [2.45, 2.75) is 43.0 Å². The molecular weight excluding hydrogens is 562 g/mol. The molecule has 1 saturated heterocycles. The van der Waals surface area contributed by atoms with Gasteiger partial charge in [0.1, 0.15) is 17.7 Å².